The van der Waals surface area contributed by atoms with Crippen molar-refractivity contribution in [3.8, 4) is 0 Å². The number of piperazine rings is 1. The number of benzene rings is 2. The van der Waals surface area contributed by atoms with E-state index in [-0.39, 0.29) is 23.1 Å². The molecule has 6 nitrogen and oxygen atoms in total. The fourth-order valence-corrected chi connectivity index (χ4v) is 4.22. The Bertz CT molecular complexity index is 1150. The summed E-state index contributed by atoms with van der Waals surface area (Å²) in [7, 11) is 0. The molecule has 1 aliphatic rings. The molecule has 0 spiro atoms. The molecule has 1 unspecified atom stereocenters. The highest BCUT2D eigenvalue weighted by atomic mass is 19.1. The Balaban J connectivity index is 1.55. The van der Waals surface area contributed by atoms with Gasteiger partial charge in [0.25, 0.3) is 11.5 Å². The fourth-order valence-electron chi connectivity index (χ4n) is 4.22. The van der Waals surface area contributed by atoms with Crippen LogP contribution in [0.3, 0.4) is 0 Å². The molecule has 1 saturated heterocycles. The van der Waals surface area contributed by atoms with Crippen LogP contribution in [0.4, 0.5) is 4.39 Å². The van der Waals surface area contributed by atoms with Crippen molar-refractivity contribution in [1.82, 2.24) is 19.4 Å². The first-order chi connectivity index (χ1) is 15.0. The van der Waals surface area contributed by atoms with Gasteiger partial charge in [0.1, 0.15) is 11.6 Å². The molecule has 1 aromatic heterocycles. The minimum absolute atomic E-state index is 0.0114. The van der Waals surface area contributed by atoms with Crippen LogP contribution in [0.1, 0.15) is 42.5 Å². The van der Waals surface area contributed by atoms with E-state index in [1.54, 1.807) is 21.6 Å². The van der Waals surface area contributed by atoms with Crippen LogP contribution in [0, 0.1) is 5.82 Å². The van der Waals surface area contributed by atoms with E-state index in [1.807, 2.05) is 31.2 Å². The minimum atomic E-state index is -0.493. The lowest BCUT2D eigenvalue weighted by molar-refractivity contribution is 0.0567. The van der Waals surface area contributed by atoms with Gasteiger partial charge in [-0.2, -0.15) is 0 Å². The Morgan fingerprint density at radius 3 is 2.45 bits per heavy atom. The Kier molecular flexibility index (Phi) is 6.13. The van der Waals surface area contributed by atoms with Gasteiger partial charge in [0.2, 0.25) is 0 Å². The standard InChI is InChI=1S/C24H27FN4O2/c1-3-12-29-22(26-21-11-7-5-9-19(21)24(29)31)17(2)27-13-15-28(16-14-27)23(30)18-8-4-6-10-20(18)25/h4-11,17H,3,12-16H2,1-2H3. The monoisotopic (exact) mass is 422 g/mol. The lowest BCUT2D eigenvalue weighted by atomic mass is 10.1. The fraction of sp³-hybridized carbons (Fsp3) is 0.375. The maximum atomic E-state index is 14.0. The largest absolute Gasteiger partial charge is 0.336 e. The summed E-state index contributed by atoms with van der Waals surface area (Å²) in [6.45, 7) is 6.99. The zero-order valence-corrected chi connectivity index (χ0v) is 17.9. The van der Waals surface area contributed by atoms with Crippen molar-refractivity contribution >= 4 is 16.8 Å². The number of fused-ring (bicyclic) bond motifs is 1. The van der Waals surface area contributed by atoms with E-state index in [2.05, 4.69) is 11.8 Å². The van der Waals surface area contributed by atoms with Crippen LogP contribution in [-0.2, 0) is 6.54 Å². The Morgan fingerprint density at radius 2 is 1.74 bits per heavy atom. The van der Waals surface area contributed by atoms with Crippen LogP contribution in [0.25, 0.3) is 10.9 Å². The highest BCUT2D eigenvalue weighted by Gasteiger charge is 2.28. The van der Waals surface area contributed by atoms with Gasteiger partial charge in [-0.1, -0.05) is 31.2 Å². The predicted octanol–water partition coefficient (Wildman–Crippen LogP) is 3.46. The maximum Gasteiger partial charge on any atom is 0.261 e. The van der Waals surface area contributed by atoms with Crippen molar-refractivity contribution < 1.29 is 9.18 Å². The zero-order valence-electron chi connectivity index (χ0n) is 17.9. The maximum absolute atomic E-state index is 14.0. The molecule has 0 saturated carbocycles. The Hall–Kier alpha value is -3.06. The molecule has 3 aromatic rings. The van der Waals surface area contributed by atoms with E-state index in [4.69, 9.17) is 4.98 Å². The average molecular weight is 423 g/mol. The number of carbonyl (C=O) groups is 1. The van der Waals surface area contributed by atoms with Crippen molar-refractivity contribution in [1.29, 1.82) is 0 Å². The number of aromatic nitrogens is 2. The summed E-state index contributed by atoms with van der Waals surface area (Å²) in [6.07, 6.45) is 0.838. The average Bonchev–Trinajstić information content (AvgIpc) is 2.80. The van der Waals surface area contributed by atoms with Crippen molar-refractivity contribution in [2.45, 2.75) is 32.9 Å². The summed E-state index contributed by atoms with van der Waals surface area (Å²) in [5.41, 5.74) is 0.801. The second kappa shape index (κ2) is 8.98. The van der Waals surface area contributed by atoms with E-state index in [9.17, 15) is 14.0 Å². The third-order valence-corrected chi connectivity index (χ3v) is 5.97. The molecule has 0 radical (unpaired) electrons. The predicted molar refractivity (Wildman–Crippen MR) is 119 cm³/mol. The Labute approximate surface area is 180 Å². The van der Waals surface area contributed by atoms with Gasteiger partial charge >= 0.3 is 0 Å². The molecule has 31 heavy (non-hydrogen) atoms. The molecule has 4 rings (SSSR count). The first-order valence-corrected chi connectivity index (χ1v) is 10.8. The molecular formula is C24H27FN4O2. The number of hydrogen-bond donors (Lipinski definition) is 0. The van der Waals surface area contributed by atoms with Crippen LogP contribution in [0.5, 0.6) is 0 Å². The summed E-state index contributed by atoms with van der Waals surface area (Å²) in [5.74, 6) is -0.0243. The molecule has 2 heterocycles. The van der Waals surface area contributed by atoms with E-state index in [0.29, 0.717) is 43.6 Å². The van der Waals surface area contributed by atoms with Crippen LogP contribution < -0.4 is 5.56 Å². The van der Waals surface area contributed by atoms with Gasteiger partial charge in [0.05, 0.1) is 22.5 Å². The van der Waals surface area contributed by atoms with Gasteiger partial charge in [-0.15, -0.1) is 0 Å². The van der Waals surface area contributed by atoms with Crippen LogP contribution >= 0.6 is 0 Å². The third-order valence-electron chi connectivity index (χ3n) is 5.97. The molecule has 0 N–H and O–H groups in total. The molecule has 1 aliphatic heterocycles. The van der Waals surface area contributed by atoms with Gasteiger partial charge in [0, 0.05) is 32.7 Å². The van der Waals surface area contributed by atoms with Gasteiger partial charge < -0.3 is 4.90 Å². The number of halogens is 1. The van der Waals surface area contributed by atoms with E-state index in [0.717, 1.165) is 12.2 Å². The van der Waals surface area contributed by atoms with Gasteiger partial charge in [0.15, 0.2) is 0 Å². The minimum Gasteiger partial charge on any atom is -0.336 e. The number of carbonyl (C=O) groups excluding carboxylic acids is 1. The molecule has 2 aromatic carbocycles. The summed E-state index contributed by atoms with van der Waals surface area (Å²) >= 11 is 0. The number of nitrogens with zero attached hydrogens (tertiary/aromatic N) is 4. The number of amides is 1. The van der Waals surface area contributed by atoms with E-state index in [1.165, 1.54) is 12.1 Å². The van der Waals surface area contributed by atoms with Crippen molar-refractivity contribution in [3.63, 3.8) is 0 Å². The highest BCUT2D eigenvalue weighted by molar-refractivity contribution is 5.94. The van der Waals surface area contributed by atoms with Gasteiger partial charge in [-0.25, -0.2) is 9.37 Å². The smallest absolute Gasteiger partial charge is 0.261 e. The van der Waals surface area contributed by atoms with Gasteiger partial charge in [-0.05, 0) is 37.6 Å². The number of rotatable bonds is 5. The molecule has 1 atom stereocenters. The third kappa shape index (κ3) is 4.10. The molecule has 162 valence electrons. The number of para-hydroxylation sites is 1. The lowest BCUT2D eigenvalue weighted by Gasteiger charge is -2.38. The summed E-state index contributed by atoms with van der Waals surface area (Å²) < 4.78 is 15.8. The first kappa shape index (κ1) is 21.2. The van der Waals surface area contributed by atoms with Crippen molar-refractivity contribution in [2.75, 3.05) is 26.2 Å². The lowest BCUT2D eigenvalue weighted by Crippen LogP contribution is -2.50. The van der Waals surface area contributed by atoms with E-state index < -0.39 is 5.82 Å². The van der Waals surface area contributed by atoms with Crippen LogP contribution in [0.2, 0.25) is 0 Å². The van der Waals surface area contributed by atoms with E-state index >= 15 is 0 Å². The molecule has 0 bridgehead atoms. The van der Waals surface area contributed by atoms with Crippen molar-refractivity contribution in [2.24, 2.45) is 0 Å². The second-order valence-corrected chi connectivity index (χ2v) is 7.93. The normalized spacial score (nSPS) is 15.9. The summed E-state index contributed by atoms with van der Waals surface area (Å²) in [5, 5.41) is 0.632. The summed E-state index contributed by atoms with van der Waals surface area (Å²) in [6, 6.07) is 13.4. The van der Waals surface area contributed by atoms with Gasteiger partial charge in [-0.3, -0.25) is 19.1 Å². The topological polar surface area (TPSA) is 58.4 Å². The summed E-state index contributed by atoms with van der Waals surface area (Å²) in [4.78, 5) is 34.5. The molecular weight excluding hydrogens is 395 g/mol. The Morgan fingerprint density at radius 1 is 1.06 bits per heavy atom. The highest BCUT2D eigenvalue weighted by Crippen LogP contribution is 2.22. The van der Waals surface area contributed by atoms with Crippen molar-refractivity contribution in [3.05, 3.63) is 76.1 Å². The zero-order chi connectivity index (χ0) is 22.0. The molecule has 1 fully saturated rings. The number of hydrogen-bond acceptors (Lipinski definition) is 4. The first-order valence-electron chi connectivity index (χ1n) is 10.8. The quantitative estimate of drug-likeness (QED) is 0.632. The second-order valence-electron chi connectivity index (χ2n) is 7.93. The molecule has 1 amide bonds. The van der Waals surface area contributed by atoms with Crippen LogP contribution in [0.15, 0.2) is 53.3 Å². The molecule has 7 heteroatoms. The SMILES string of the molecule is CCCn1c(C(C)N2CCN(C(=O)c3ccccc3F)CC2)nc2ccccc2c1=O. The van der Waals surface area contributed by atoms with Crippen LogP contribution in [-0.4, -0.2) is 51.4 Å². The molecule has 0 aliphatic carbocycles.